The molecule has 0 radical (unpaired) electrons. The van der Waals surface area contributed by atoms with Crippen LogP contribution in [0.5, 0.6) is 5.75 Å². The first-order valence-corrected chi connectivity index (χ1v) is 11.7. The molecule has 1 saturated heterocycles. The molecule has 1 aliphatic heterocycles. The molecule has 0 saturated carbocycles. The summed E-state index contributed by atoms with van der Waals surface area (Å²) in [7, 11) is 0. The molecule has 1 heterocycles. The molecule has 3 rings (SSSR count). The molecule has 5 heteroatoms. The molecule has 174 valence electrons. The molecule has 0 aromatic heterocycles. The minimum atomic E-state index is -0.803. The van der Waals surface area contributed by atoms with Gasteiger partial charge in [-0.15, -0.1) is 0 Å². The zero-order valence-corrected chi connectivity index (χ0v) is 19.8. The number of hydrogen-bond acceptors (Lipinski definition) is 4. The van der Waals surface area contributed by atoms with Crippen LogP contribution >= 0.6 is 0 Å². The summed E-state index contributed by atoms with van der Waals surface area (Å²) in [6.45, 7) is 8.22. The van der Waals surface area contributed by atoms with Gasteiger partial charge in [0.15, 0.2) is 0 Å². The minimum absolute atomic E-state index is 0.0840. The molecular formula is C27H37NO4. The van der Waals surface area contributed by atoms with Crippen LogP contribution in [0.3, 0.4) is 0 Å². The molecule has 1 fully saturated rings. The number of likely N-dealkylation sites (tertiary alicyclic amines) is 1. The number of carbonyl (C=O) groups is 1. The second-order valence-electron chi connectivity index (χ2n) is 9.62. The van der Waals surface area contributed by atoms with Gasteiger partial charge in [0.2, 0.25) is 0 Å². The Bertz CT molecular complexity index is 859. The second-order valence-corrected chi connectivity index (χ2v) is 9.62. The number of ether oxygens (including phenoxy) is 2. The van der Waals surface area contributed by atoms with Crippen molar-refractivity contribution in [1.29, 1.82) is 0 Å². The van der Waals surface area contributed by atoms with E-state index in [1.54, 1.807) is 4.90 Å². The molecule has 32 heavy (non-hydrogen) atoms. The van der Waals surface area contributed by atoms with Crippen molar-refractivity contribution in [2.24, 2.45) is 0 Å². The van der Waals surface area contributed by atoms with Gasteiger partial charge in [0, 0.05) is 6.04 Å². The Hall–Kier alpha value is -2.53. The fourth-order valence-electron chi connectivity index (χ4n) is 4.39. The number of nitrogens with zero attached hydrogens (tertiary/aromatic N) is 1. The van der Waals surface area contributed by atoms with Crippen molar-refractivity contribution in [3.05, 3.63) is 65.7 Å². The maximum atomic E-state index is 13.1. The molecule has 0 spiro atoms. The third-order valence-corrected chi connectivity index (χ3v) is 5.83. The zero-order valence-electron chi connectivity index (χ0n) is 19.8. The van der Waals surface area contributed by atoms with E-state index in [0.717, 1.165) is 43.2 Å². The maximum Gasteiger partial charge on any atom is 0.410 e. The lowest BCUT2D eigenvalue weighted by Crippen LogP contribution is -2.53. The van der Waals surface area contributed by atoms with Crippen LogP contribution in [-0.4, -0.2) is 33.8 Å². The van der Waals surface area contributed by atoms with E-state index in [1.807, 2.05) is 75.4 Å². The molecular weight excluding hydrogens is 402 g/mol. The summed E-state index contributed by atoms with van der Waals surface area (Å²) in [4.78, 5) is 14.9. The molecule has 1 aliphatic rings. The van der Waals surface area contributed by atoms with Gasteiger partial charge >= 0.3 is 6.09 Å². The molecule has 5 nitrogen and oxygen atoms in total. The first-order chi connectivity index (χ1) is 15.3. The number of carbonyl (C=O) groups excluding carboxylic acids is 1. The molecule has 2 aromatic carbocycles. The molecule has 1 N–H and O–H groups in total. The van der Waals surface area contributed by atoms with Crippen LogP contribution in [0.15, 0.2) is 54.6 Å². The number of rotatable bonds is 7. The predicted octanol–water partition coefficient (Wildman–Crippen LogP) is 6.26. The SMILES string of the molecule is CCC[C@@H]1CCC[C@H]([C@@H](O)c2cccc(OCc3ccccc3)c2)N1C(=O)OC(C)(C)C. The molecule has 0 bridgehead atoms. The molecule has 2 aromatic rings. The maximum absolute atomic E-state index is 13.1. The summed E-state index contributed by atoms with van der Waals surface area (Å²) >= 11 is 0. The Balaban J connectivity index is 1.78. The lowest BCUT2D eigenvalue weighted by atomic mass is 9.88. The van der Waals surface area contributed by atoms with Gasteiger partial charge in [0.05, 0.1) is 12.1 Å². The summed E-state index contributed by atoms with van der Waals surface area (Å²) in [6.07, 6.45) is 3.42. The van der Waals surface area contributed by atoms with Gasteiger partial charge in [-0.2, -0.15) is 0 Å². The summed E-state index contributed by atoms with van der Waals surface area (Å²) in [6, 6.07) is 17.3. The third-order valence-electron chi connectivity index (χ3n) is 5.83. The third kappa shape index (κ3) is 6.49. The van der Waals surface area contributed by atoms with Crippen molar-refractivity contribution >= 4 is 6.09 Å². The summed E-state index contributed by atoms with van der Waals surface area (Å²) in [5, 5.41) is 11.4. The Morgan fingerprint density at radius 1 is 1.12 bits per heavy atom. The van der Waals surface area contributed by atoms with E-state index >= 15 is 0 Å². The Morgan fingerprint density at radius 2 is 1.88 bits per heavy atom. The van der Waals surface area contributed by atoms with E-state index in [2.05, 4.69) is 6.92 Å². The number of hydrogen-bond donors (Lipinski definition) is 1. The molecule has 0 aliphatic carbocycles. The number of aliphatic hydroxyl groups is 1. The molecule has 1 amide bonds. The Labute approximate surface area is 192 Å². The van der Waals surface area contributed by atoms with Crippen molar-refractivity contribution in [3.63, 3.8) is 0 Å². The predicted molar refractivity (Wildman–Crippen MR) is 127 cm³/mol. The largest absolute Gasteiger partial charge is 0.489 e. The number of benzene rings is 2. The normalized spacial score (nSPS) is 20.0. The lowest BCUT2D eigenvalue weighted by molar-refractivity contribution is -0.0368. The van der Waals surface area contributed by atoms with Crippen LogP contribution in [0.2, 0.25) is 0 Å². The van der Waals surface area contributed by atoms with Gasteiger partial charge in [-0.05, 0) is 69.7 Å². The van der Waals surface area contributed by atoms with Crippen molar-refractivity contribution in [1.82, 2.24) is 4.90 Å². The standard InChI is InChI=1S/C27H37NO4/c1-5-11-22-15-10-17-24(28(22)26(30)32-27(2,3)4)25(29)21-14-9-16-23(18-21)31-19-20-12-7-6-8-13-20/h6-9,12-14,16,18,22,24-25,29H,5,10-11,15,17,19H2,1-4H3/t22-,24-,25+/m1/s1. The van der Waals surface area contributed by atoms with E-state index in [9.17, 15) is 9.90 Å². The fraction of sp³-hybridized carbons (Fsp3) is 0.519. The van der Waals surface area contributed by atoms with Gasteiger partial charge < -0.3 is 14.6 Å². The van der Waals surface area contributed by atoms with Crippen LogP contribution in [0, 0.1) is 0 Å². The van der Waals surface area contributed by atoms with Gasteiger partial charge in [-0.1, -0.05) is 55.8 Å². The van der Waals surface area contributed by atoms with E-state index in [-0.39, 0.29) is 18.2 Å². The number of piperidine rings is 1. The first-order valence-electron chi connectivity index (χ1n) is 11.7. The van der Waals surface area contributed by atoms with E-state index in [0.29, 0.717) is 12.4 Å². The van der Waals surface area contributed by atoms with Gasteiger partial charge in [0.1, 0.15) is 18.0 Å². The van der Waals surface area contributed by atoms with E-state index < -0.39 is 11.7 Å². The summed E-state index contributed by atoms with van der Waals surface area (Å²) in [5.74, 6) is 0.704. The lowest BCUT2D eigenvalue weighted by Gasteiger charge is -2.44. The van der Waals surface area contributed by atoms with Gasteiger partial charge in [-0.3, -0.25) is 4.90 Å². The van der Waals surface area contributed by atoms with Crippen LogP contribution in [0.4, 0.5) is 4.79 Å². The summed E-state index contributed by atoms with van der Waals surface area (Å²) < 4.78 is 11.7. The van der Waals surface area contributed by atoms with Crippen LogP contribution in [-0.2, 0) is 11.3 Å². The van der Waals surface area contributed by atoms with E-state index in [4.69, 9.17) is 9.47 Å². The number of amides is 1. The fourth-order valence-corrected chi connectivity index (χ4v) is 4.39. The summed E-state index contributed by atoms with van der Waals surface area (Å²) in [5.41, 5.74) is 1.27. The Kier molecular flexibility index (Phi) is 8.19. The monoisotopic (exact) mass is 439 g/mol. The van der Waals surface area contributed by atoms with Gasteiger partial charge in [-0.25, -0.2) is 4.79 Å². The van der Waals surface area contributed by atoms with Crippen LogP contribution in [0.1, 0.15) is 77.0 Å². The second kappa shape index (κ2) is 10.9. The first kappa shape index (κ1) is 24.1. The highest BCUT2D eigenvalue weighted by molar-refractivity contribution is 5.69. The van der Waals surface area contributed by atoms with Crippen LogP contribution < -0.4 is 4.74 Å². The average molecular weight is 440 g/mol. The highest BCUT2D eigenvalue weighted by Crippen LogP contribution is 2.35. The minimum Gasteiger partial charge on any atom is -0.489 e. The zero-order chi connectivity index (χ0) is 23.1. The molecule has 0 unspecified atom stereocenters. The average Bonchev–Trinajstić information content (AvgIpc) is 2.77. The van der Waals surface area contributed by atoms with Crippen LogP contribution in [0.25, 0.3) is 0 Å². The smallest absolute Gasteiger partial charge is 0.410 e. The topological polar surface area (TPSA) is 59.0 Å². The van der Waals surface area contributed by atoms with Crippen molar-refractivity contribution in [2.45, 2.75) is 90.2 Å². The van der Waals surface area contributed by atoms with Crippen molar-refractivity contribution < 1.29 is 19.4 Å². The Morgan fingerprint density at radius 3 is 2.56 bits per heavy atom. The highest BCUT2D eigenvalue weighted by Gasteiger charge is 2.40. The van der Waals surface area contributed by atoms with Crippen molar-refractivity contribution in [3.8, 4) is 5.75 Å². The highest BCUT2D eigenvalue weighted by atomic mass is 16.6. The van der Waals surface area contributed by atoms with Crippen molar-refractivity contribution in [2.75, 3.05) is 0 Å². The van der Waals surface area contributed by atoms with Gasteiger partial charge in [0.25, 0.3) is 0 Å². The number of aliphatic hydroxyl groups excluding tert-OH is 1. The molecule has 3 atom stereocenters. The quantitative estimate of drug-likeness (QED) is 0.553. The van der Waals surface area contributed by atoms with E-state index in [1.165, 1.54) is 0 Å².